The summed E-state index contributed by atoms with van der Waals surface area (Å²) >= 11 is 8.24. The quantitative estimate of drug-likeness (QED) is 0.778. The highest BCUT2D eigenvalue weighted by Gasteiger charge is 2.21. The van der Waals surface area contributed by atoms with Gasteiger partial charge in [0.2, 0.25) is 0 Å². The lowest BCUT2D eigenvalue weighted by Crippen LogP contribution is -2.23. The third-order valence-electron chi connectivity index (χ3n) is 3.74. The summed E-state index contributed by atoms with van der Waals surface area (Å²) in [7, 11) is 0. The topological polar surface area (TPSA) is 12.0 Å². The van der Waals surface area contributed by atoms with Gasteiger partial charge in [-0.05, 0) is 61.4 Å². The van der Waals surface area contributed by atoms with Crippen molar-refractivity contribution in [3.05, 3.63) is 55.7 Å². The van der Waals surface area contributed by atoms with Gasteiger partial charge in [0, 0.05) is 4.88 Å². The summed E-state index contributed by atoms with van der Waals surface area (Å²) in [5.74, 6) is 0. The second-order valence-electron chi connectivity index (χ2n) is 5.27. The summed E-state index contributed by atoms with van der Waals surface area (Å²) in [6.45, 7) is 9.61. The van der Waals surface area contributed by atoms with Crippen molar-refractivity contribution < 1.29 is 0 Å². The minimum atomic E-state index is 0.195. The van der Waals surface area contributed by atoms with Crippen LogP contribution in [-0.2, 0) is 0 Å². The highest BCUT2D eigenvalue weighted by atomic mass is 35.5. The van der Waals surface area contributed by atoms with Crippen molar-refractivity contribution >= 4 is 22.9 Å². The number of aryl methyl sites for hydroxylation is 2. The van der Waals surface area contributed by atoms with Gasteiger partial charge in [-0.1, -0.05) is 36.7 Å². The predicted molar refractivity (Wildman–Crippen MR) is 90.1 cm³/mol. The first kappa shape index (κ1) is 15.6. The molecule has 1 heterocycles. The van der Waals surface area contributed by atoms with Crippen LogP contribution in [0.4, 0.5) is 0 Å². The van der Waals surface area contributed by atoms with Gasteiger partial charge in [0.15, 0.2) is 0 Å². The van der Waals surface area contributed by atoms with Gasteiger partial charge in [-0.3, -0.25) is 0 Å². The first-order valence-electron chi connectivity index (χ1n) is 7.09. The molecule has 0 aliphatic heterocycles. The molecule has 1 nitrogen and oxygen atoms in total. The summed E-state index contributed by atoms with van der Waals surface area (Å²) in [5.41, 5.74) is 5.18. The van der Waals surface area contributed by atoms with Crippen LogP contribution in [0.3, 0.4) is 0 Å². The first-order valence-corrected chi connectivity index (χ1v) is 8.35. The van der Waals surface area contributed by atoms with Gasteiger partial charge in [0.05, 0.1) is 11.1 Å². The number of hydrogen-bond donors (Lipinski definition) is 1. The van der Waals surface area contributed by atoms with Crippen molar-refractivity contribution in [3.8, 4) is 0 Å². The lowest BCUT2D eigenvalue weighted by molar-refractivity contribution is 0.603. The second kappa shape index (κ2) is 6.75. The number of halogens is 1. The molecule has 1 N–H and O–H groups in total. The first-order chi connectivity index (χ1) is 9.56. The van der Waals surface area contributed by atoms with Crippen LogP contribution < -0.4 is 5.32 Å². The lowest BCUT2D eigenvalue weighted by atomic mass is 9.96. The molecule has 0 fully saturated rings. The molecule has 3 heteroatoms. The molecule has 0 spiro atoms. The Hall–Kier alpha value is -0.830. The number of thiophene rings is 1. The van der Waals surface area contributed by atoms with Crippen LogP contribution in [0.5, 0.6) is 0 Å². The summed E-state index contributed by atoms with van der Waals surface area (Å²) < 4.78 is 0. The molecule has 1 aromatic heterocycles. The van der Waals surface area contributed by atoms with Gasteiger partial charge in [-0.25, -0.2) is 0 Å². The van der Waals surface area contributed by atoms with Crippen LogP contribution in [-0.4, -0.2) is 6.54 Å². The smallest absolute Gasteiger partial charge is 0.0688 e. The normalized spacial score (nSPS) is 12.7. The van der Waals surface area contributed by atoms with E-state index in [1.807, 2.05) is 0 Å². The Balaban J connectivity index is 2.47. The molecule has 0 saturated carbocycles. The van der Waals surface area contributed by atoms with Crippen molar-refractivity contribution in [2.45, 2.75) is 40.2 Å². The molecule has 2 aromatic rings. The molecule has 0 amide bonds. The predicted octanol–water partition coefficient (Wildman–Crippen LogP) is 5.42. The fraction of sp³-hybridized carbons (Fsp3) is 0.412. The SMILES string of the molecule is CCCNC(c1cccc(C)c1C)c1scc(C)c1Cl. The van der Waals surface area contributed by atoms with E-state index in [2.05, 4.69) is 56.6 Å². The van der Waals surface area contributed by atoms with E-state index in [1.165, 1.54) is 27.1 Å². The molecule has 0 aliphatic carbocycles. The zero-order valence-corrected chi connectivity index (χ0v) is 14.2. The molecule has 1 unspecified atom stereocenters. The van der Waals surface area contributed by atoms with Crippen molar-refractivity contribution in [1.82, 2.24) is 5.32 Å². The van der Waals surface area contributed by atoms with Gasteiger partial charge >= 0.3 is 0 Å². The number of benzene rings is 1. The van der Waals surface area contributed by atoms with Crippen LogP contribution in [0.25, 0.3) is 0 Å². The van der Waals surface area contributed by atoms with E-state index in [4.69, 9.17) is 11.6 Å². The highest BCUT2D eigenvalue weighted by Crippen LogP contribution is 2.37. The summed E-state index contributed by atoms with van der Waals surface area (Å²) in [6.07, 6.45) is 1.11. The van der Waals surface area contributed by atoms with Crippen molar-refractivity contribution in [3.63, 3.8) is 0 Å². The maximum absolute atomic E-state index is 6.49. The standard InChI is InChI=1S/C17H22ClNS/c1-5-9-19-16(17-15(18)12(3)10-20-17)14-8-6-7-11(2)13(14)4/h6-8,10,16,19H,5,9H2,1-4H3. The molecule has 1 aromatic carbocycles. The lowest BCUT2D eigenvalue weighted by Gasteiger charge is -2.21. The third kappa shape index (κ3) is 3.08. The van der Waals surface area contributed by atoms with E-state index < -0.39 is 0 Å². The Kier molecular flexibility index (Phi) is 5.25. The summed E-state index contributed by atoms with van der Waals surface area (Å²) in [6, 6.07) is 6.70. The van der Waals surface area contributed by atoms with Gasteiger partial charge in [0.25, 0.3) is 0 Å². The monoisotopic (exact) mass is 307 g/mol. The zero-order valence-electron chi connectivity index (χ0n) is 12.6. The molecular weight excluding hydrogens is 286 g/mol. The highest BCUT2D eigenvalue weighted by molar-refractivity contribution is 7.10. The Labute approximate surface area is 131 Å². The molecule has 0 saturated heterocycles. The molecule has 0 bridgehead atoms. The van der Waals surface area contributed by atoms with E-state index in [-0.39, 0.29) is 6.04 Å². The van der Waals surface area contributed by atoms with E-state index >= 15 is 0 Å². The molecule has 108 valence electrons. The Morgan fingerprint density at radius 2 is 1.95 bits per heavy atom. The van der Waals surface area contributed by atoms with Gasteiger partial charge in [0.1, 0.15) is 0 Å². The largest absolute Gasteiger partial charge is 0.306 e. The van der Waals surface area contributed by atoms with Crippen LogP contribution in [0.1, 0.15) is 46.5 Å². The molecule has 0 aliphatic rings. The molecule has 0 radical (unpaired) electrons. The van der Waals surface area contributed by atoms with E-state index in [0.717, 1.165) is 18.0 Å². The summed E-state index contributed by atoms with van der Waals surface area (Å²) in [5, 5.41) is 6.70. The number of hydrogen-bond acceptors (Lipinski definition) is 2. The zero-order chi connectivity index (χ0) is 14.7. The van der Waals surface area contributed by atoms with Crippen LogP contribution in [0.2, 0.25) is 5.02 Å². The third-order valence-corrected chi connectivity index (χ3v) is 5.52. The Morgan fingerprint density at radius 3 is 2.55 bits per heavy atom. The van der Waals surface area contributed by atoms with Crippen molar-refractivity contribution in [2.24, 2.45) is 0 Å². The van der Waals surface area contributed by atoms with E-state index in [0.29, 0.717) is 0 Å². The number of rotatable bonds is 5. The maximum atomic E-state index is 6.49. The molecule has 20 heavy (non-hydrogen) atoms. The van der Waals surface area contributed by atoms with Crippen molar-refractivity contribution in [2.75, 3.05) is 6.54 Å². The van der Waals surface area contributed by atoms with Gasteiger partial charge < -0.3 is 5.32 Å². The second-order valence-corrected chi connectivity index (χ2v) is 6.56. The van der Waals surface area contributed by atoms with Crippen molar-refractivity contribution in [1.29, 1.82) is 0 Å². The van der Waals surface area contributed by atoms with E-state index in [1.54, 1.807) is 11.3 Å². The van der Waals surface area contributed by atoms with Gasteiger partial charge in [-0.2, -0.15) is 0 Å². The Bertz CT molecular complexity index is 589. The van der Waals surface area contributed by atoms with E-state index in [9.17, 15) is 0 Å². The number of nitrogens with one attached hydrogen (secondary N) is 1. The minimum Gasteiger partial charge on any atom is -0.306 e. The molecular formula is C17H22ClNS. The van der Waals surface area contributed by atoms with Crippen LogP contribution >= 0.6 is 22.9 Å². The van der Waals surface area contributed by atoms with Crippen LogP contribution in [0.15, 0.2) is 23.6 Å². The average Bonchev–Trinajstić information content (AvgIpc) is 2.76. The minimum absolute atomic E-state index is 0.195. The van der Waals surface area contributed by atoms with Crippen LogP contribution in [0, 0.1) is 20.8 Å². The summed E-state index contributed by atoms with van der Waals surface area (Å²) in [4.78, 5) is 1.23. The maximum Gasteiger partial charge on any atom is 0.0688 e. The fourth-order valence-corrected chi connectivity index (χ4v) is 3.76. The average molecular weight is 308 g/mol. The molecule has 1 atom stereocenters. The van der Waals surface area contributed by atoms with Gasteiger partial charge in [-0.15, -0.1) is 11.3 Å². The molecule has 2 rings (SSSR count). The Morgan fingerprint density at radius 1 is 1.20 bits per heavy atom. The fourth-order valence-electron chi connectivity index (χ4n) is 2.36.